The summed E-state index contributed by atoms with van der Waals surface area (Å²) in [5.41, 5.74) is 0.818. The first-order valence-corrected chi connectivity index (χ1v) is 5.96. The molecule has 1 aromatic carbocycles. The number of anilines is 1. The molecule has 1 aliphatic heterocycles. The maximum Gasteiger partial charge on any atom is 0.125 e. The van der Waals surface area contributed by atoms with Gasteiger partial charge in [0.25, 0.3) is 0 Å². The predicted octanol–water partition coefficient (Wildman–Crippen LogP) is 3.34. The number of halogens is 1. The molecule has 1 fully saturated rings. The van der Waals surface area contributed by atoms with Gasteiger partial charge in [0.2, 0.25) is 0 Å². The van der Waals surface area contributed by atoms with E-state index in [9.17, 15) is 4.39 Å². The van der Waals surface area contributed by atoms with E-state index in [1.807, 2.05) is 6.07 Å². The minimum atomic E-state index is -0.208. The topological polar surface area (TPSA) is 27.0 Å². The molecule has 0 bridgehead atoms. The summed E-state index contributed by atoms with van der Waals surface area (Å²) in [4.78, 5) is 2.20. The fourth-order valence-electron chi connectivity index (χ4n) is 2.64. The van der Waals surface area contributed by atoms with Crippen LogP contribution in [0.25, 0.3) is 0 Å². The summed E-state index contributed by atoms with van der Waals surface area (Å²) in [5.74, 6) is -0.0875. The van der Waals surface area contributed by atoms with Crippen LogP contribution in [0.15, 0.2) is 24.3 Å². The Bertz CT molecular complexity index is 448. The van der Waals surface area contributed by atoms with Crippen molar-refractivity contribution in [3.05, 3.63) is 30.1 Å². The van der Waals surface area contributed by atoms with Gasteiger partial charge in [-0.15, -0.1) is 0 Å². The molecule has 0 aromatic heterocycles. The normalized spacial score (nSPS) is 23.2. The van der Waals surface area contributed by atoms with Crippen molar-refractivity contribution in [3.63, 3.8) is 0 Å². The van der Waals surface area contributed by atoms with Crippen molar-refractivity contribution in [2.45, 2.75) is 32.2 Å². The van der Waals surface area contributed by atoms with Crippen molar-refractivity contribution in [3.8, 4) is 6.07 Å². The van der Waals surface area contributed by atoms with E-state index in [2.05, 4.69) is 24.8 Å². The Balaban J connectivity index is 2.25. The van der Waals surface area contributed by atoms with Gasteiger partial charge in [-0.1, -0.05) is 6.07 Å². The SMILES string of the molecule is CC1(C)CC(C#N)CCN1c1cccc(F)c1. The number of hydrogen-bond donors (Lipinski definition) is 0. The van der Waals surface area contributed by atoms with Gasteiger partial charge in [0.15, 0.2) is 0 Å². The Morgan fingerprint density at radius 2 is 2.24 bits per heavy atom. The first-order chi connectivity index (χ1) is 8.03. The standard InChI is InChI=1S/C14H17FN2/c1-14(2)9-11(10-16)6-7-17(14)13-5-3-4-12(15)8-13/h3-5,8,11H,6-7,9H2,1-2H3. The molecular weight excluding hydrogens is 215 g/mol. The number of rotatable bonds is 1. The highest BCUT2D eigenvalue weighted by Gasteiger charge is 2.34. The van der Waals surface area contributed by atoms with Gasteiger partial charge in [0.1, 0.15) is 5.82 Å². The summed E-state index contributed by atoms with van der Waals surface area (Å²) in [6.45, 7) is 5.04. The largest absolute Gasteiger partial charge is 0.366 e. The molecular formula is C14H17FN2. The summed E-state index contributed by atoms with van der Waals surface area (Å²) >= 11 is 0. The molecule has 0 radical (unpaired) electrons. The van der Waals surface area contributed by atoms with E-state index >= 15 is 0 Å². The monoisotopic (exact) mass is 232 g/mol. The van der Waals surface area contributed by atoms with E-state index in [0.29, 0.717) is 0 Å². The average molecular weight is 232 g/mol. The van der Waals surface area contributed by atoms with E-state index in [-0.39, 0.29) is 17.3 Å². The Hall–Kier alpha value is -1.56. The molecule has 1 atom stereocenters. The fraction of sp³-hybridized carbons (Fsp3) is 0.500. The van der Waals surface area contributed by atoms with Crippen LogP contribution in [-0.2, 0) is 0 Å². The molecule has 2 rings (SSSR count). The van der Waals surface area contributed by atoms with Gasteiger partial charge in [-0.25, -0.2) is 4.39 Å². The van der Waals surface area contributed by atoms with Gasteiger partial charge in [-0.3, -0.25) is 0 Å². The second kappa shape index (κ2) is 4.37. The predicted molar refractivity (Wildman–Crippen MR) is 66.2 cm³/mol. The molecule has 2 nitrogen and oxygen atoms in total. The maximum absolute atomic E-state index is 13.2. The molecule has 1 saturated heterocycles. The highest BCUT2D eigenvalue weighted by molar-refractivity contribution is 5.49. The summed E-state index contributed by atoms with van der Waals surface area (Å²) in [5, 5.41) is 9.00. The summed E-state index contributed by atoms with van der Waals surface area (Å²) in [6.07, 6.45) is 1.69. The van der Waals surface area contributed by atoms with Crippen LogP contribution in [0.3, 0.4) is 0 Å². The van der Waals surface area contributed by atoms with Crippen LogP contribution in [0.4, 0.5) is 10.1 Å². The van der Waals surface area contributed by atoms with E-state index in [4.69, 9.17) is 5.26 Å². The van der Waals surface area contributed by atoms with E-state index < -0.39 is 0 Å². The molecule has 17 heavy (non-hydrogen) atoms. The Morgan fingerprint density at radius 1 is 1.47 bits per heavy atom. The molecule has 0 amide bonds. The second-order valence-electron chi connectivity index (χ2n) is 5.26. The molecule has 1 aliphatic rings. The van der Waals surface area contributed by atoms with Crippen LogP contribution in [0.2, 0.25) is 0 Å². The van der Waals surface area contributed by atoms with Crippen molar-refractivity contribution in [1.29, 1.82) is 5.26 Å². The molecule has 1 heterocycles. The van der Waals surface area contributed by atoms with Crippen molar-refractivity contribution >= 4 is 5.69 Å². The van der Waals surface area contributed by atoms with Crippen molar-refractivity contribution < 1.29 is 4.39 Å². The van der Waals surface area contributed by atoms with Gasteiger partial charge < -0.3 is 4.90 Å². The average Bonchev–Trinajstić information content (AvgIpc) is 2.27. The Labute approximate surface area is 102 Å². The number of nitrogens with zero attached hydrogens (tertiary/aromatic N) is 2. The lowest BCUT2D eigenvalue weighted by atomic mass is 9.83. The minimum Gasteiger partial charge on any atom is -0.366 e. The first kappa shape index (κ1) is 11.9. The van der Waals surface area contributed by atoms with Crippen LogP contribution < -0.4 is 4.90 Å². The lowest BCUT2D eigenvalue weighted by molar-refractivity contribution is 0.315. The lowest BCUT2D eigenvalue weighted by Gasteiger charge is -2.45. The van der Waals surface area contributed by atoms with E-state index in [1.165, 1.54) is 6.07 Å². The molecule has 0 aliphatic carbocycles. The molecule has 3 heteroatoms. The zero-order valence-electron chi connectivity index (χ0n) is 10.3. The second-order valence-corrected chi connectivity index (χ2v) is 5.26. The van der Waals surface area contributed by atoms with Crippen LogP contribution in [-0.4, -0.2) is 12.1 Å². The van der Waals surface area contributed by atoms with Crippen molar-refractivity contribution in [1.82, 2.24) is 0 Å². The maximum atomic E-state index is 13.2. The number of benzene rings is 1. The Kier molecular flexibility index (Phi) is 3.06. The highest BCUT2D eigenvalue weighted by Crippen LogP contribution is 2.35. The number of hydrogen-bond acceptors (Lipinski definition) is 2. The van der Waals surface area contributed by atoms with Crippen LogP contribution in [0.5, 0.6) is 0 Å². The van der Waals surface area contributed by atoms with Gasteiger partial charge in [0.05, 0.1) is 12.0 Å². The van der Waals surface area contributed by atoms with E-state index in [1.54, 1.807) is 12.1 Å². The molecule has 90 valence electrons. The zero-order chi connectivity index (χ0) is 12.5. The smallest absolute Gasteiger partial charge is 0.125 e. The summed E-state index contributed by atoms with van der Waals surface area (Å²) in [7, 11) is 0. The Morgan fingerprint density at radius 3 is 2.82 bits per heavy atom. The third-order valence-corrected chi connectivity index (χ3v) is 3.48. The van der Waals surface area contributed by atoms with Crippen molar-refractivity contribution in [2.24, 2.45) is 5.92 Å². The molecule has 0 spiro atoms. The third-order valence-electron chi connectivity index (χ3n) is 3.48. The molecule has 1 aromatic rings. The fourth-order valence-corrected chi connectivity index (χ4v) is 2.64. The number of nitriles is 1. The van der Waals surface area contributed by atoms with Crippen LogP contribution in [0, 0.1) is 23.1 Å². The quantitative estimate of drug-likeness (QED) is 0.742. The van der Waals surface area contributed by atoms with Gasteiger partial charge in [0, 0.05) is 17.8 Å². The van der Waals surface area contributed by atoms with Gasteiger partial charge in [-0.2, -0.15) is 5.26 Å². The van der Waals surface area contributed by atoms with Gasteiger partial charge in [-0.05, 0) is 44.9 Å². The zero-order valence-corrected chi connectivity index (χ0v) is 10.3. The lowest BCUT2D eigenvalue weighted by Crippen LogP contribution is -2.50. The van der Waals surface area contributed by atoms with Crippen molar-refractivity contribution in [2.75, 3.05) is 11.4 Å². The summed E-state index contributed by atoms with van der Waals surface area (Å²) < 4.78 is 13.2. The highest BCUT2D eigenvalue weighted by atomic mass is 19.1. The molecule has 1 unspecified atom stereocenters. The minimum absolute atomic E-state index is 0.0908. The van der Waals surface area contributed by atoms with Crippen LogP contribution in [0.1, 0.15) is 26.7 Å². The van der Waals surface area contributed by atoms with Crippen LogP contribution >= 0.6 is 0 Å². The third kappa shape index (κ3) is 2.41. The molecule has 0 saturated carbocycles. The van der Waals surface area contributed by atoms with Gasteiger partial charge >= 0.3 is 0 Å². The first-order valence-electron chi connectivity index (χ1n) is 5.96. The molecule has 0 N–H and O–H groups in total. The number of piperidine rings is 1. The van der Waals surface area contributed by atoms with E-state index in [0.717, 1.165) is 25.1 Å². The summed E-state index contributed by atoms with van der Waals surface area (Å²) in [6, 6.07) is 9.02.